The summed E-state index contributed by atoms with van der Waals surface area (Å²) < 4.78 is 21.7. The zero-order valence-corrected chi connectivity index (χ0v) is 17.3. The smallest absolute Gasteiger partial charge is 0.223 e. The lowest BCUT2D eigenvalue weighted by Gasteiger charge is -2.35. The van der Waals surface area contributed by atoms with E-state index in [0.717, 1.165) is 42.9 Å². The third kappa shape index (κ3) is 5.47. The predicted molar refractivity (Wildman–Crippen MR) is 106 cm³/mol. The highest BCUT2D eigenvalue weighted by Crippen LogP contribution is 2.26. The Labute approximate surface area is 171 Å². The summed E-state index contributed by atoms with van der Waals surface area (Å²) in [7, 11) is 4.91. The Morgan fingerprint density at radius 3 is 2.76 bits per heavy atom. The Balaban J connectivity index is 1.58. The second kappa shape index (κ2) is 10.2. The van der Waals surface area contributed by atoms with Crippen LogP contribution < -0.4 is 9.47 Å². The van der Waals surface area contributed by atoms with Crippen molar-refractivity contribution in [1.29, 1.82) is 0 Å². The fourth-order valence-electron chi connectivity index (χ4n) is 3.70. The first-order valence-electron chi connectivity index (χ1n) is 9.95. The number of carbonyl (C=O) groups excluding carboxylic acids is 1. The first-order chi connectivity index (χ1) is 14.1. The second-order valence-corrected chi connectivity index (χ2v) is 7.14. The molecule has 1 aliphatic rings. The van der Waals surface area contributed by atoms with E-state index in [4.69, 9.17) is 18.6 Å². The summed E-state index contributed by atoms with van der Waals surface area (Å²) in [6, 6.07) is 5.74. The lowest BCUT2D eigenvalue weighted by Crippen LogP contribution is -2.46. The van der Waals surface area contributed by atoms with Gasteiger partial charge in [0.15, 0.2) is 0 Å². The van der Waals surface area contributed by atoms with Crippen LogP contribution >= 0.6 is 0 Å². The minimum absolute atomic E-state index is 0.112. The predicted octanol–water partition coefficient (Wildman–Crippen LogP) is 2.64. The van der Waals surface area contributed by atoms with Crippen molar-refractivity contribution in [3.63, 3.8) is 0 Å². The number of hydrogen-bond donors (Lipinski definition) is 0. The number of methoxy groups -OCH3 is 3. The fourth-order valence-corrected chi connectivity index (χ4v) is 3.70. The Kier molecular flexibility index (Phi) is 7.46. The van der Waals surface area contributed by atoms with E-state index in [1.54, 1.807) is 21.3 Å². The lowest BCUT2D eigenvalue weighted by atomic mass is 10.0. The number of benzene rings is 1. The molecule has 0 bridgehead atoms. The Morgan fingerprint density at radius 2 is 2.00 bits per heavy atom. The van der Waals surface area contributed by atoms with Gasteiger partial charge in [-0.1, -0.05) is 0 Å². The maximum absolute atomic E-state index is 12.7. The van der Waals surface area contributed by atoms with E-state index in [-0.39, 0.29) is 11.9 Å². The highest BCUT2D eigenvalue weighted by molar-refractivity contribution is 5.76. The van der Waals surface area contributed by atoms with Crippen LogP contribution in [0.15, 0.2) is 22.6 Å². The number of likely N-dealkylation sites (tertiary alicyclic amines) is 1. The molecule has 2 heterocycles. The van der Waals surface area contributed by atoms with Crippen molar-refractivity contribution in [2.75, 3.05) is 34.5 Å². The van der Waals surface area contributed by atoms with Crippen LogP contribution in [0.1, 0.15) is 43.0 Å². The Bertz CT molecular complexity index is 805. The summed E-state index contributed by atoms with van der Waals surface area (Å²) in [5.41, 5.74) is 0.897. The zero-order valence-electron chi connectivity index (χ0n) is 17.3. The number of aryl methyl sites for hydroxylation is 1. The number of hydrogen-bond acceptors (Lipinski definition) is 7. The van der Waals surface area contributed by atoms with Gasteiger partial charge >= 0.3 is 0 Å². The maximum Gasteiger partial charge on any atom is 0.223 e. The van der Waals surface area contributed by atoms with E-state index >= 15 is 0 Å². The van der Waals surface area contributed by atoms with Crippen molar-refractivity contribution < 1.29 is 23.4 Å². The van der Waals surface area contributed by atoms with Crippen molar-refractivity contribution >= 4 is 5.91 Å². The van der Waals surface area contributed by atoms with Gasteiger partial charge in [0.25, 0.3) is 0 Å². The Hall–Kier alpha value is -2.61. The third-order valence-electron chi connectivity index (χ3n) is 5.20. The van der Waals surface area contributed by atoms with Gasteiger partial charge in [0.1, 0.15) is 11.5 Å². The minimum atomic E-state index is 0.112. The number of amides is 1. The molecule has 2 aromatic rings. The van der Waals surface area contributed by atoms with Crippen molar-refractivity contribution in [1.82, 2.24) is 15.1 Å². The molecule has 158 valence electrons. The molecule has 1 aromatic carbocycles. The molecule has 0 radical (unpaired) electrons. The molecule has 1 aliphatic heterocycles. The first-order valence-corrected chi connectivity index (χ1v) is 9.95. The van der Waals surface area contributed by atoms with E-state index in [1.807, 2.05) is 23.1 Å². The second-order valence-electron chi connectivity index (χ2n) is 7.14. The van der Waals surface area contributed by atoms with E-state index in [1.165, 1.54) is 0 Å². The molecule has 0 spiro atoms. The average molecular weight is 403 g/mol. The van der Waals surface area contributed by atoms with Crippen LogP contribution in [0.2, 0.25) is 0 Å². The fraction of sp³-hybridized carbons (Fsp3) is 0.571. The van der Waals surface area contributed by atoms with Gasteiger partial charge in [-0.25, -0.2) is 0 Å². The quantitative estimate of drug-likeness (QED) is 0.636. The van der Waals surface area contributed by atoms with Crippen LogP contribution in [0.25, 0.3) is 0 Å². The molecule has 8 heteroatoms. The molecule has 0 aliphatic carbocycles. The van der Waals surface area contributed by atoms with Gasteiger partial charge in [-0.3, -0.25) is 4.79 Å². The molecule has 1 fully saturated rings. The number of nitrogens with zero attached hydrogens (tertiary/aromatic N) is 3. The normalized spacial score (nSPS) is 16.7. The third-order valence-corrected chi connectivity index (χ3v) is 5.20. The molecule has 0 N–H and O–H groups in total. The summed E-state index contributed by atoms with van der Waals surface area (Å²) in [5.74, 6) is 2.53. The monoisotopic (exact) mass is 403 g/mol. The SMILES string of the molecule is COCC1CCCCN1C(=O)CCc1nnc(Cc2cc(OC)ccc2OC)o1. The summed E-state index contributed by atoms with van der Waals surface area (Å²) in [4.78, 5) is 14.6. The van der Waals surface area contributed by atoms with E-state index in [9.17, 15) is 4.79 Å². The molecular weight excluding hydrogens is 374 g/mol. The molecule has 8 nitrogen and oxygen atoms in total. The van der Waals surface area contributed by atoms with Gasteiger partial charge in [0, 0.05) is 32.1 Å². The van der Waals surface area contributed by atoms with Crippen LogP contribution in [0.3, 0.4) is 0 Å². The molecule has 1 atom stereocenters. The molecule has 1 amide bonds. The van der Waals surface area contributed by atoms with Gasteiger partial charge in [-0.05, 0) is 37.5 Å². The van der Waals surface area contributed by atoms with Crippen LogP contribution in [-0.2, 0) is 22.4 Å². The molecule has 1 unspecified atom stereocenters. The minimum Gasteiger partial charge on any atom is -0.497 e. The van der Waals surface area contributed by atoms with E-state index in [0.29, 0.717) is 37.7 Å². The van der Waals surface area contributed by atoms with Crippen molar-refractivity contribution in [2.45, 2.75) is 44.6 Å². The first kappa shape index (κ1) is 21.1. The number of carbonyl (C=O) groups is 1. The van der Waals surface area contributed by atoms with Crippen LogP contribution in [0, 0.1) is 0 Å². The van der Waals surface area contributed by atoms with Gasteiger partial charge in [0.2, 0.25) is 17.7 Å². The Morgan fingerprint density at radius 1 is 1.17 bits per heavy atom. The molecule has 3 rings (SSSR count). The number of ether oxygens (including phenoxy) is 3. The van der Waals surface area contributed by atoms with Crippen molar-refractivity contribution in [2.24, 2.45) is 0 Å². The summed E-state index contributed by atoms with van der Waals surface area (Å²) in [6.45, 7) is 1.37. The molecular formula is C21H29N3O5. The van der Waals surface area contributed by atoms with Gasteiger partial charge in [0.05, 0.1) is 33.3 Å². The van der Waals surface area contributed by atoms with Crippen molar-refractivity contribution in [3.05, 3.63) is 35.5 Å². The van der Waals surface area contributed by atoms with Crippen LogP contribution in [0.4, 0.5) is 0 Å². The standard InChI is InChI=1S/C21H29N3O5/c1-26-14-16-6-4-5-11-24(16)21(25)10-9-19-22-23-20(29-19)13-15-12-17(27-2)7-8-18(15)28-3/h7-8,12,16H,4-6,9-11,13-14H2,1-3H3. The van der Waals surface area contributed by atoms with E-state index < -0.39 is 0 Å². The van der Waals surface area contributed by atoms with E-state index in [2.05, 4.69) is 10.2 Å². The van der Waals surface area contributed by atoms with Crippen molar-refractivity contribution in [3.8, 4) is 11.5 Å². The molecule has 29 heavy (non-hydrogen) atoms. The van der Waals surface area contributed by atoms with Crippen LogP contribution in [-0.4, -0.2) is 61.5 Å². The zero-order chi connectivity index (χ0) is 20.6. The number of rotatable bonds is 9. The lowest BCUT2D eigenvalue weighted by molar-refractivity contribution is -0.136. The molecule has 1 saturated heterocycles. The average Bonchev–Trinajstić information content (AvgIpc) is 3.20. The summed E-state index contributed by atoms with van der Waals surface area (Å²) in [6.07, 6.45) is 4.38. The van der Waals surface area contributed by atoms with Gasteiger partial charge in [-0.15, -0.1) is 10.2 Å². The highest BCUT2D eigenvalue weighted by atomic mass is 16.5. The topological polar surface area (TPSA) is 86.9 Å². The number of aromatic nitrogens is 2. The highest BCUT2D eigenvalue weighted by Gasteiger charge is 2.26. The number of piperidine rings is 1. The van der Waals surface area contributed by atoms with Crippen LogP contribution in [0.5, 0.6) is 11.5 Å². The van der Waals surface area contributed by atoms with Gasteiger partial charge < -0.3 is 23.5 Å². The molecule has 1 aromatic heterocycles. The maximum atomic E-state index is 12.7. The summed E-state index contributed by atoms with van der Waals surface area (Å²) >= 11 is 0. The van der Waals surface area contributed by atoms with Gasteiger partial charge in [-0.2, -0.15) is 0 Å². The largest absolute Gasteiger partial charge is 0.497 e. The molecule has 0 saturated carbocycles. The summed E-state index contributed by atoms with van der Waals surface area (Å²) in [5, 5.41) is 8.22.